The van der Waals surface area contributed by atoms with Gasteiger partial charge in [-0.15, -0.1) is 0 Å². The van der Waals surface area contributed by atoms with Crippen LogP contribution in [-0.4, -0.2) is 6.10 Å². The van der Waals surface area contributed by atoms with E-state index in [1.54, 1.807) is 12.3 Å². The first kappa shape index (κ1) is 15.9. The summed E-state index contributed by atoms with van der Waals surface area (Å²) in [6.07, 6.45) is 3.68. The van der Waals surface area contributed by atoms with Crippen molar-refractivity contribution >= 4 is 6.08 Å². The van der Waals surface area contributed by atoms with Gasteiger partial charge in [0.1, 0.15) is 0 Å². The molecule has 21 heavy (non-hydrogen) atoms. The molecule has 1 atom stereocenters. The lowest BCUT2D eigenvalue weighted by Crippen LogP contribution is -2.27. The smallest absolute Gasteiger partial charge is 0.416 e. The molecule has 1 fully saturated rings. The molecule has 1 aliphatic carbocycles. The third kappa shape index (κ3) is 4.80. The number of halogens is 3. The van der Waals surface area contributed by atoms with Gasteiger partial charge in [-0.2, -0.15) is 13.2 Å². The third-order valence-corrected chi connectivity index (χ3v) is 3.93. The predicted octanol–water partition coefficient (Wildman–Crippen LogP) is 5.66. The van der Waals surface area contributed by atoms with Gasteiger partial charge in [-0.1, -0.05) is 26.0 Å². The van der Waals surface area contributed by atoms with E-state index in [1.807, 2.05) is 0 Å². The molecule has 0 bridgehead atoms. The van der Waals surface area contributed by atoms with Gasteiger partial charge in [0.05, 0.1) is 17.9 Å². The summed E-state index contributed by atoms with van der Waals surface area (Å²) in [5.74, 6) is 0. The van der Waals surface area contributed by atoms with Gasteiger partial charge in [-0.25, -0.2) is 0 Å². The van der Waals surface area contributed by atoms with E-state index in [0.29, 0.717) is 11.0 Å². The Morgan fingerprint density at radius 3 is 2.43 bits per heavy atom. The maximum atomic E-state index is 12.4. The Balaban J connectivity index is 1.90. The molecule has 0 spiro atoms. The number of hydrogen-bond acceptors (Lipinski definition) is 1. The molecule has 0 saturated heterocycles. The lowest BCUT2D eigenvalue weighted by molar-refractivity contribution is -0.137. The van der Waals surface area contributed by atoms with Crippen molar-refractivity contribution in [2.75, 3.05) is 0 Å². The van der Waals surface area contributed by atoms with Crippen LogP contribution in [0.2, 0.25) is 0 Å². The monoisotopic (exact) mass is 298 g/mol. The maximum Gasteiger partial charge on any atom is 0.416 e. The largest absolute Gasteiger partial charge is 0.498 e. The Hall–Kier alpha value is -1.45. The van der Waals surface area contributed by atoms with Crippen molar-refractivity contribution in [1.29, 1.82) is 0 Å². The first-order valence-electron chi connectivity index (χ1n) is 7.26. The maximum absolute atomic E-state index is 12.4. The zero-order chi connectivity index (χ0) is 15.5. The normalized spacial score (nSPS) is 22.4. The molecule has 1 nitrogen and oxygen atoms in total. The summed E-state index contributed by atoms with van der Waals surface area (Å²) < 4.78 is 43.1. The fraction of sp³-hybridized carbons (Fsp3) is 0.529. The third-order valence-electron chi connectivity index (χ3n) is 3.93. The van der Waals surface area contributed by atoms with E-state index >= 15 is 0 Å². The molecular weight excluding hydrogens is 277 g/mol. The van der Waals surface area contributed by atoms with Gasteiger partial charge in [0.2, 0.25) is 0 Å². The van der Waals surface area contributed by atoms with Gasteiger partial charge in [0, 0.05) is 0 Å². The van der Waals surface area contributed by atoms with Crippen LogP contribution >= 0.6 is 0 Å². The molecule has 0 amide bonds. The summed E-state index contributed by atoms with van der Waals surface area (Å²) >= 11 is 0. The van der Waals surface area contributed by atoms with Crippen molar-refractivity contribution < 1.29 is 17.9 Å². The highest BCUT2D eigenvalue weighted by molar-refractivity contribution is 5.48. The highest BCUT2D eigenvalue weighted by atomic mass is 19.4. The van der Waals surface area contributed by atoms with Crippen LogP contribution in [0.15, 0.2) is 30.5 Å². The number of ether oxygens (including phenoxy) is 1. The molecule has 0 radical (unpaired) electrons. The second-order valence-corrected chi connectivity index (χ2v) is 6.44. The Morgan fingerprint density at radius 1 is 1.19 bits per heavy atom. The van der Waals surface area contributed by atoms with E-state index in [9.17, 15) is 13.2 Å². The molecule has 1 unspecified atom stereocenters. The molecule has 0 heterocycles. The summed E-state index contributed by atoms with van der Waals surface area (Å²) in [5.41, 5.74) is 0.387. The van der Waals surface area contributed by atoms with Gasteiger partial charge in [-0.3, -0.25) is 0 Å². The summed E-state index contributed by atoms with van der Waals surface area (Å²) in [4.78, 5) is 0. The minimum atomic E-state index is -4.29. The van der Waals surface area contributed by atoms with Crippen LogP contribution in [0.4, 0.5) is 13.2 Å². The van der Waals surface area contributed by atoms with Gasteiger partial charge in [0.25, 0.3) is 0 Å². The van der Waals surface area contributed by atoms with Crippen LogP contribution in [-0.2, 0) is 10.9 Å². The second-order valence-electron chi connectivity index (χ2n) is 6.44. The zero-order valence-electron chi connectivity index (χ0n) is 12.4. The number of hydrogen-bond donors (Lipinski definition) is 0. The van der Waals surface area contributed by atoms with Crippen LogP contribution in [0.25, 0.3) is 6.08 Å². The Morgan fingerprint density at radius 2 is 1.86 bits per heavy atom. The van der Waals surface area contributed by atoms with E-state index in [1.165, 1.54) is 18.6 Å². The Kier molecular flexibility index (Phi) is 4.64. The molecule has 0 N–H and O–H groups in total. The zero-order valence-corrected chi connectivity index (χ0v) is 12.4. The van der Waals surface area contributed by atoms with Crippen molar-refractivity contribution in [3.63, 3.8) is 0 Å². The average Bonchev–Trinajstić information content (AvgIpc) is 2.37. The van der Waals surface area contributed by atoms with E-state index < -0.39 is 11.7 Å². The summed E-state index contributed by atoms with van der Waals surface area (Å²) in [7, 11) is 0. The Labute approximate surface area is 123 Å². The first-order chi connectivity index (χ1) is 9.76. The van der Waals surface area contributed by atoms with Crippen molar-refractivity contribution in [3.05, 3.63) is 41.7 Å². The standard InChI is InChI=1S/C17H21F3O/c1-16(2)10-3-4-15(12-16)21-11-9-13-5-7-14(8-6-13)17(18,19)20/h5-9,11,15H,3-4,10,12H2,1-2H3/b11-9+. The van der Waals surface area contributed by atoms with Crippen molar-refractivity contribution in [1.82, 2.24) is 0 Å². The molecule has 1 saturated carbocycles. The highest BCUT2D eigenvalue weighted by Gasteiger charge is 2.30. The topological polar surface area (TPSA) is 9.23 Å². The van der Waals surface area contributed by atoms with Gasteiger partial charge >= 0.3 is 6.18 Å². The van der Waals surface area contributed by atoms with E-state index in [2.05, 4.69) is 13.8 Å². The van der Waals surface area contributed by atoms with Crippen LogP contribution in [0, 0.1) is 5.41 Å². The molecule has 0 aliphatic heterocycles. The second kappa shape index (κ2) is 6.12. The molecular formula is C17H21F3O. The molecule has 1 aromatic rings. The minimum Gasteiger partial charge on any atom is -0.498 e. The fourth-order valence-electron chi connectivity index (χ4n) is 2.76. The fourth-order valence-corrected chi connectivity index (χ4v) is 2.76. The lowest BCUT2D eigenvalue weighted by Gasteiger charge is -2.34. The summed E-state index contributed by atoms with van der Waals surface area (Å²) in [6, 6.07) is 5.08. The summed E-state index contributed by atoms with van der Waals surface area (Å²) in [6.45, 7) is 4.48. The van der Waals surface area contributed by atoms with Gasteiger partial charge < -0.3 is 4.74 Å². The van der Waals surface area contributed by atoms with Crippen molar-refractivity contribution in [3.8, 4) is 0 Å². The first-order valence-corrected chi connectivity index (χ1v) is 7.26. The Bertz CT molecular complexity index is 486. The lowest BCUT2D eigenvalue weighted by atomic mass is 9.76. The van der Waals surface area contributed by atoms with Crippen LogP contribution in [0.5, 0.6) is 0 Å². The van der Waals surface area contributed by atoms with Gasteiger partial charge in [-0.05, 0) is 54.9 Å². The molecule has 1 aliphatic rings. The summed E-state index contributed by atoms with van der Waals surface area (Å²) in [5, 5.41) is 0. The minimum absolute atomic E-state index is 0.208. The SMILES string of the molecule is CC1(C)CCCC(O/C=C/c2ccc(C(F)(F)F)cc2)C1. The highest BCUT2D eigenvalue weighted by Crippen LogP contribution is 2.36. The van der Waals surface area contributed by atoms with Crippen molar-refractivity contribution in [2.24, 2.45) is 5.41 Å². The molecule has 4 heteroatoms. The number of benzene rings is 1. The molecule has 2 rings (SSSR count). The van der Waals surface area contributed by atoms with E-state index in [4.69, 9.17) is 4.74 Å². The van der Waals surface area contributed by atoms with E-state index in [-0.39, 0.29) is 6.10 Å². The molecule has 116 valence electrons. The average molecular weight is 298 g/mol. The van der Waals surface area contributed by atoms with Crippen LogP contribution in [0.1, 0.15) is 50.7 Å². The van der Waals surface area contributed by atoms with Crippen molar-refractivity contribution in [2.45, 2.75) is 51.8 Å². The molecule has 0 aromatic heterocycles. The van der Waals surface area contributed by atoms with E-state index in [0.717, 1.165) is 31.4 Å². The van der Waals surface area contributed by atoms with Gasteiger partial charge in [0.15, 0.2) is 0 Å². The quantitative estimate of drug-likeness (QED) is 0.654. The van der Waals surface area contributed by atoms with Crippen LogP contribution in [0.3, 0.4) is 0 Å². The number of alkyl halides is 3. The number of rotatable bonds is 3. The molecule has 1 aromatic carbocycles. The van der Waals surface area contributed by atoms with Crippen LogP contribution < -0.4 is 0 Å². The predicted molar refractivity (Wildman–Crippen MR) is 77.6 cm³/mol.